The summed E-state index contributed by atoms with van der Waals surface area (Å²) in [4.78, 5) is 19.7. The van der Waals surface area contributed by atoms with Gasteiger partial charge in [0.2, 0.25) is 5.95 Å². The number of nitrogens with zero attached hydrogens (tertiary/aromatic N) is 3. The number of alkyl halides is 3. The van der Waals surface area contributed by atoms with E-state index in [0.717, 1.165) is 38.2 Å². The number of carbonyl (C=O) groups is 1. The molecular weight excluding hydrogens is 393 g/mol. The van der Waals surface area contributed by atoms with Crippen LogP contribution >= 0.6 is 0 Å². The summed E-state index contributed by atoms with van der Waals surface area (Å²) in [5, 5.41) is 10.5. The average molecular weight is 414 g/mol. The Kier molecular flexibility index (Phi) is 6.38. The van der Waals surface area contributed by atoms with Crippen molar-refractivity contribution in [2.24, 2.45) is 0 Å². The lowest BCUT2D eigenvalue weighted by Crippen LogP contribution is -2.33. The molecule has 0 aromatic carbocycles. The maximum atomic E-state index is 10.6. The van der Waals surface area contributed by atoms with Gasteiger partial charge in [-0.2, -0.15) is 13.2 Å². The van der Waals surface area contributed by atoms with Crippen LogP contribution in [-0.2, 0) is 16.1 Å². The zero-order valence-electron chi connectivity index (χ0n) is 15.4. The van der Waals surface area contributed by atoms with Crippen molar-refractivity contribution in [2.75, 3.05) is 25.0 Å². The zero-order valence-corrected chi connectivity index (χ0v) is 15.4. The molecule has 2 N–H and O–H groups in total. The van der Waals surface area contributed by atoms with Crippen LogP contribution in [-0.4, -0.2) is 63.5 Å². The normalized spacial score (nSPS) is 24.3. The van der Waals surface area contributed by atoms with E-state index in [1.165, 1.54) is 0 Å². The van der Waals surface area contributed by atoms with Crippen LogP contribution in [0, 0.1) is 0 Å². The van der Waals surface area contributed by atoms with Crippen molar-refractivity contribution in [1.82, 2.24) is 14.9 Å². The number of ether oxygens (including phenoxy) is 1. The Labute approximate surface area is 164 Å². The number of likely N-dealkylation sites (tertiary alicyclic amines) is 1. The van der Waals surface area contributed by atoms with Crippen LogP contribution in [0.3, 0.4) is 0 Å². The van der Waals surface area contributed by atoms with Gasteiger partial charge >= 0.3 is 12.1 Å². The molecule has 2 saturated heterocycles. The Morgan fingerprint density at radius 1 is 1.34 bits per heavy atom. The molecule has 8 nitrogen and oxygen atoms in total. The molecular formula is C18H21F3N4O4. The second-order valence-corrected chi connectivity index (χ2v) is 6.95. The van der Waals surface area contributed by atoms with E-state index in [2.05, 4.69) is 20.2 Å². The number of carboxylic acid groups (broad SMARTS) is 1. The molecule has 0 aliphatic carbocycles. The second-order valence-electron chi connectivity index (χ2n) is 6.95. The molecule has 0 bridgehead atoms. The van der Waals surface area contributed by atoms with E-state index < -0.39 is 12.1 Å². The summed E-state index contributed by atoms with van der Waals surface area (Å²) < 4.78 is 43.3. The first kappa shape index (κ1) is 21.1. The monoisotopic (exact) mass is 414 g/mol. The Hall–Kier alpha value is -2.66. The molecule has 2 aliphatic rings. The molecule has 2 fully saturated rings. The van der Waals surface area contributed by atoms with Gasteiger partial charge in [0.25, 0.3) is 0 Å². The third kappa shape index (κ3) is 5.91. The summed E-state index contributed by atoms with van der Waals surface area (Å²) in [5.74, 6) is -1.06. The topological polar surface area (TPSA) is 101 Å². The van der Waals surface area contributed by atoms with E-state index in [1.807, 2.05) is 18.2 Å². The summed E-state index contributed by atoms with van der Waals surface area (Å²) in [6.45, 7) is 3.58. The van der Waals surface area contributed by atoms with Gasteiger partial charge < -0.3 is 19.6 Å². The fourth-order valence-corrected chi connectivity index (χ4v) is 3.46. The first-order valence-electron chi connectivity index (χ1n) is 8.98. The number of carboxylic acids is 1. The highest BCUT2D eigenvalue weighted by atomic mass is 19.4. The van der Waals surface area contributed by atoms with Gasteiger partial charge in [-0.1, -0.05) is 0 Å². The molecule has 4 heterocycles. The zero-order chi connectivity index (χ0) is 20.9. The van der Waals surface area contributed by atoms with E-state index in [1.54, 1.807) is 18.7 Å². The fraction of sp³-hybridized carbons (Fsp3) is 0.500. The minimum absolute atomic E-state index is 0.0287. The van der Waals surface area contributed by atoms with Gasteiger partial charge in [0.1, 0.15) is 5.76 Å². The van der Waals surface area contributed by atoms with Gasteiger partial charge in [-0.05, 0) is 24.6 Å². The standard InChI is InChI=1S/C16H20N4O2.C2HF3O2/c1-3-14(21-8-1)10-20-7-4-16(12-20)9-13(11-22-16)19-15-17-5-2-6-18-15;3-2(4,5)1(6)7/h1-3,5-6,8,13H,4,7,9-12H2,(H,17,18,19);(H,6,7). The van der Waals surface area contributed by atoms with Gasteiger partial charge in [0.05, 0.1) is 31.1 Å². The summed E-state index contributed by atoms with van der Waals surface area (Å²) in [6, 6.07) is 6.07. The lowest BCUT2D eigenvalue weighted by atomic mass is 9.97. The van der Waals surface area contributed by atoms with Crippen LogP contribution < -0.4 is 5.32 Å². The summed E-state index contributed by atoms with van der Waals surface area (Å²) in [6.07, 6.45) is 2.22. The van der Waals surface area contributed by atoms with Crippen molar-refractivity contribution in [2.45, 2.75) is 37.2 Å². The molecule has 2 atom stereocenters. The quantitative estimate of drug-likeness (QED) is 0.787. The number of rotatable bonds is 4. The Bertz CT molecular complexity index is 788. The minimum atomic E-state index is -5.08. The molecule has 0 radical (unpaired) electrons. The number of hydrogen-bond donors (Lipinski definition) is 2. The van der Waals surface area contributed by atoms with Crippen molar-refractivity contribution >= 4 is 11.9 Å². The average Bonchev–Trinajstić information content (AvgIpc) is 3.40. The predicted octanol–water partition coefficient (Wildman–Crippen LogP) is 2.55. The molecule has 0 amide bonds. The molecule has 2 unspecified atom stereocenters. The Morgan fingerprint density at radius 2 is 2.07 bits per heavy atom. The maximum absolute atomic E-state index is 10.6. The molecule has 2 aromatic rings. The van der Waals surface area contributed by atoms with Gasteiger partial charge in [-0.15, -0.1) is 0 Å². The number of nitrogens with one attached hydrogen (secondary N) is 1. The molecule has 2 aromatic heterocycles. The molecule has 29 heavy (non-hydrogen) atoms. The lowest BCUT2D eigenvalue weighted by molar-refractivity contribution is -0.192. The van der Waals surface area contributed by atoms with Crippen molar-refractivity contribution in [1.29, 1.82) is 0 Å². The fourth-order valence-electron chi connectivity index (χ4n) is 3.46. The van der Waals surface area contributed by atoms with Crippen molar-refractivity contribution < 1.29 is 32.2 Å². The van der Waals surface area contributed by atoms with Gasteiger partial charge in [-0.25, -0.2) is 14.8 Å². The largest absolute Gasteiger partial charge is 0.490 e. The lowest BCUT2D eigenvalue weighted by Gasteiger charge is -2.23. The number of hydrogen-bond acceptors (Lipinski definition) is 7. The molecule has 11 heteroatoms. The summed E-state index contributed by atoms with van der Waals surface area (Å²) in [5.41, 5.74) is -0.0287. The van der Waals surface area contributed by atoms with Gasteiger partial charge in [0.15, 0.2) is 0 Å². The van der Waals surface area contributed by atoms with Crippen LogP contribution in [0.5, 0.6) is 0 Å². The van der Waals surface area contributed by atoms with Crippen molar-refractivity contribution in [3.8, 4) is 0 Å². The van der Waals surface area contributed by atoms with Crippen molar-refractivity contribution in [3.05, 3.63) is 42.6 Å². The van der Waals surface area contributed by atoms with E-state index in [4.69, 9.17) is 19.1 Å². The Balaban J connectivity index is 0.000000298. The molecule has 0 saturated carbocycles. The van der Waals surface area contributed by atoms with Crippen LogP contribution in [0.25, 0.3) is 0 Å². The van der Waals surface area contributed by atoms with E-state index >= 15 is 0 Å². The van der Waals surface area contributed by atoms with E-state index in [0.29, 0.717) is 12.6 Å². The Morgan fingerprint density at radius 3 is 2.69 bits per heavy atom. The third-order valence-electron chi connectivity index (χ3n) is 4.71. The van der Waals surface area contributed by atoms with E-state index in [-0.39, 0.29) is 11.6 Å². The van der Waals surface area contributed by atoms with Gasteiger partial charge in [0, 0.05) is 31.9 Å². The maximum Gasteiger partial charge on any atom is 0.490 e. The molecule has 1 spiro atoms. The SMILES string of the molecule is O=C(O)C(F)(F)F.c1cnc(NC2COC3(CCN(Cc4ccco4)C3)C2)nc1. The van der Waals surface area contributed by atoms with Gasteiger partial charge in [-0.3, -0.25) is 4.90 Å². The summed E-state index contributed by atoms with van der Waals surface area (Å²) in [7, 11) is 0. The summed E-state index contributed by atoms with van der Waals surface area (Å²) >= 11 is 0. The highest BCUT2D eigenvalue weighted by molar-refractivity contribution is 5.73. The third-order valence-corrected chi connectivity index (χ3v) is 4.71. The smallest absolute Gasteiger partial charge is 0.475 e. The number of halogens is 3. The number of furan rings is 1. The van der Waals surface area contributed by atoms with Crippen LogP contribution in [0.4, 0.5) is 19.1 Å². The van der Waals surface area contributed by atoms with Crippen LogP contribution in [0.15, 0.2) is 41.3 Å². The molecule has 158 valence electrons. The molecule has 4 rings (SSSR count). The second kappa shape index (κ2) is 8.78. The number of aliphatic carboxylic acids is 1. The number of aromatic nitrogens is 2. The first-order chi connectivity index (χ1) is 13.8. The minimum Gasteiger partial charge on any atom is -0.475 e. The van der Waals surface area contributed by atoms with Crippen LogP contribution in [0.2, 0.25) is 0 Å². The van der Waals surface area contributed by atoms with E-state index in [9.17, 15) is 13.2 Å². The predicted molar refractivity (Wildman–Crippen MR) is 95.0 cm³/mol. The molecule has 2 aliphatic heterocycles. The highest BCUT2D eigenvalue weighted by Gasteiger charge is 2.45. The number of anilines is 1. The van der Waals surface area contributed by atoms with Crippen molar-refractivity contribution in [3.63, 3.8) is 0 Å². The first-order valence-corrected chi connectivity index (χ1v) is 8.98. The van der Waals surface area contributed by atoms with Crippen LogP contribution in [0.1, 0.15) is 18.6 Å². The highest BCUT2D eigenvalue weighted by Crippen LogP contribution is 2.36.